The minimum atomic E-state index is -0.184. The van der Waals surface area contributed by atoms with E-state index >= 15 is 0 Å². The number of ether oxygens (including phenoxy) is 2. The highest BCUT2D eigenvalue weighted by molar-refractivity contribution is 9.10. The average molecular weight is 345 g/mol. The van der Waals surface area contributed by atoms with Gasteiger partial charge in [-0.3, -0.25) is 4.79 Å². The van der Waals surface area contributed by atoms with Crippen LogP contribution < -0.4 is 20.1 Å². The summed E-state index contributed by atoms with van der Waals surface area (Å²) in [5.74, 6) is 1.01. The fraction of sp³-hybridized carbons (Fsp3) is 0.500. The Bertz CT molecular complexity index is 452. The van der Waals surface area contributed by atoms with Gasteiger partial charge in [0.05, 0.1) is 11.1 Å². The molecule has 6 heteroatoms. The van der Waals surface area contributed by atoms with Crippen molar-refractivity contribution in [3.8, 4) is 11.5 Å². The summed E-state index contributed by atoms with van der Waals surface area (Å²) in [6.45, 7) is 6.11. The number of rotatable bonds is 8. The Morgan fingerprint density at radius 3 is 2.65 bits per heavy atom. The largest absolute Gasteiger partial charge is 0.490 e. The fourth-order valence-electron chi connectivity index (χ4n) is 1.61. The van der Waals surface area contributed by atoms with Gasteiger partial charge < -0.3 is 20.1 Å². The van der Waals surface area contributed by atoms with Crippen molar-refractivity contribution < 1.29 is 14.3 Å². The summed E-state index contributed by atoms with van der Waals surface area (Å²) in [5.41, 5.74) is 1.09. The first-order chi connectivity index (χ1) is 9.62. The third-order valence-corrected chi connectivity index (χ3v) is 3.16. The molecule has 112 valence electrons. The molecule has 0 fully saturated rings. The standard InChI is InChI=1S/C14H21BrN2O3/c1-4-17-8-10-6-11(15)14(12(7-10)19-5-2)20-9-13(18)16-3/h6-7,17H,4-5,8-9H2,1-3H3,(H,16,18). The van der Waals surface area contributed by atoms with Crippen LogP contribution in [0.2, 0.25) is 0 Å². The van der Waals surface area contributed by atoms with Gasteiger partial charge in [-0.25, -0.2) is 0 Å². The Kier molecular flexibility index (Phi) is 7.40. The quantitative estimate of drug-likeness (QED) is 0.757. The highest BCUT2D eigenvalue weighted by Gasteiger charge is 2.13. The molecule has 0 spiro atoms. The zero-order valence-corrected chi connectivity index (χ0v) is 13.7. The van der Waals surface area contributed by atoms with E-state index in [-0.39, 0.29) is 12.5 Å². The van der Waals surface area contributed by atoms with E-state index in [4.69, 9.17) is 9.47 Å². The summed E-state index contributed by atoms with van der Waals surface area (Å²) >= 11 is 3.47. The van der Waals surface area contributed by atoms with Crippen LogP contribution in [0.1, 0.15) is 19.4 Å². The molecule has 0 aliphatic heterocycles. The van der Waals surface area contributed by atoms with Crippen LogP contribution in [-0.4, -0.2) is 32.7 Å². The minimum absolute atomic E-state index is 0.0399. The maximum absolute atomic E-state index is 11.3. The molecule has 0 bridgehead atoms. The van der Waals surface area contributed by atoms with Gasteiger partial charge in [0.2, 0.25) is 0 Å². The number of benzene rings is 1. The van der Waals surface area contributed by atoms with Crippen molar-refractivity contribution in [1.82, 2.24) is 10.6 Å². The molecule has 1 aromatic rings. The van der Waals surface area contributed by atoms with E-state index in [0.717, 1.165) is 23.1 Å². The molecule has 0 atom stereocenters. The van der Waals surface area contributed by atoms with Gasteiger partial charge in [0.15, 0.2) is 18.1 Å². The van der Waals surface area contributed by atoms with Crippen LogP contribution >= 0.6 is 15.9 Å². The van der Waals surface area contributed by atoms with Gasteiger partial charge in [-0.1, -0.05) is 6.92 Å². The van der Waals surface area contributed by atoms with Crippen molar-refractivity contribution in [3.63, 3.8) is 0 Å². The lowest BCUT2D eigenvalue weighted by atomic mass is 10.2. The molecule has 1 rings (SSSR count). The van der Waals surface area contributed by atoms with Crippen LogP contribution in [0.4, 0.5) is 0 Å². The number of likely N-dealkylation sites (N-methyl/N-ethyl adjacent to an activating group) is 1. The van der Waals surface area contributed by atoms with Crippen molar-refractivity contribution in [2.45, 2.75) is 20.4 Å². The summed E-state index contributed by atoms with van der Waals surface area (Å²) in [6, 6.07) is 3.89. The predicted octanol–water partition coefficient (Wildman–Crippen LogP) is 2.08. The Balaban J connectivity index is 2.93. The van der Waals surface area contributed by atoms with Crippen LogP contribution in [0.25, 0.3) is 0 Å². The first-order valence-corrected chi connectivity index (χ1v) is 7.40. The SMILES string of the molecule is CCNCc1cc(Br)c(OCC(=O)NC)c(OCC)c1. The molecular weight excluding hydrogens is 324 g/mol. The summed E-state index contributed by atoms with van der Waals surface area (Å²) < 4.78 is 11.9. The smallest absolute Gasteiger partial charge is 0.257 e. The Morgan fingerprint density at radius 1 is 1.30 bits per heavy atom. The molecule has 2 N–H and O–H groups in total. The molecule has 5 nitrogen and oxygen atoms in total. The summed E-state index contributed by atoms with van der Waals surface area (Å²) in [5, 5.41) is 5.77. The molecule has 0 radical (unpaired) electrons. The van der Waals surface area contributed by atoms with E-state index in [9.17, 15) is 4.79 Å². The third-order valence-electron chi connectivity index (χ3n) is 2.57. The minimum Gasteiger partial charge on any atom is -0.490 e. The van der Waals surface area contributed by atoms with Crippen molar-refractivity contribution >= 4 is 21.8 Å². The van der Waals surface area contributed by atoms with Gasteiger partial charge in [-0.05, 0) is 47.1 Å². The van der Waals surface area contributed by atoms with E-state index < -0.39 is 0 Å². The second-order valence-corrected chi connectivity index (χ2v) is 4.93. The van der Waals surface area contributed by atoms with Crippen LogP contribution in [0.5, 0.6) is 11.5 Å². The zero-order chi connectivity index (χ0) is 15.0. The van der Waals surface area contributed by atoms with E-state index in [1.807, 2.05) is 19.1 Å². The molecule has 1 amide bonds. The lowest BCUT2D eigenvalue weighted by Crippen LogP contribution is -2.25. The molecule has 0 heterocycles. The van der Waals surface area contributed by atoms with Crippen LogP contribution in [0.15, 0.2) is 16.6 Å². The number of carbonyl (C=O) groups excluding carboxylic acids is 1. The summed E-state index contributed by atoms with van der Waals surface area (Å²) in [4.78, 5) is 11.3. The van der Waals surface area contributed by atoms with Crippen molar-refractivity contribution in [2.75, 3.05) is 26.8 Å². The maximum Gasteiger partial charge on any atom is 0.257 e. The zero-order valence-electron chi connectivity index (χ0n) is 12.1. The molecule has 0 aromatic heterocycles. The van der Waals surface area contributed by atoms with E-state index in [1.54, 1.807) is 7.05 Å². The van der Waals surface area contributed by atoms with Crippen LogP contribution in [0, 0.1) is 0 Å². The molecule has 20 heavy (non-hydrogen) atoms. The first-order valence-electron chi connectivity index (χ1n) is 6.61. The molecule has 0 aliphatic rings. The van der Waals surface area contributed by atoms with Gasteiger partial charge in [0.1, 0.15) is 0 Å². The first kappa shape index (κ1) is 16.8. The topological polar surface area (TPSA) is 59.6 Å². The molecule has 0 unspecified atom stereocenters. The average Bonchev–Trinajstić information content (AvgIpc) is 2.44. The Morgan fingerprint density at radius 2 is 2.05 bits per heavy atom. The third kappa shape index (κ3) is 5.02. The number of amides is 1. The number of halogens is 1. The fourth-order valence-corrected chi connectivity index (χ4v) is 2.21. The number of nitrogens with one attached hydrogen (secondary N) is 2. The summed E-state index contributed by atoms with van der Waals surface area (Å²) in [6.07, 6.45) is 0. The molecule has 0 saturated heterocycles. The highest BCUT2D eigenvalue weighted by atomic mass is 79.9. The second-order valence-electron chi connectivity index (χ2n) is 4.08. The molecular formula is C14H21BrN2O3. The molecule has 0 saturated carbocycles. The van der Waals surface area contributed by atoms with Crippen molar-refractivity contribution in [2.24, 2.45) is 0 Å². The van der Waals surface area contributed by atoms with E-state index in [1.165, 1.54) is 0 Å². The van der Waals surface area contributed by atoms with E-state index in [0.29, 0.717) is 18.1 Å². The summed E-state index contributed by atoms with van der Waals surface area (Å²) in [7, 11) is 1.57. The van der Waals surface area contributed by atoms with E-state index in [2.05, 4.69) is 33.5 Å². The van der Waals surface area contributed by atoms with Crippen molar-refractivity contribution in [3.05, 3.63) is 22.2 Å². The maximum atomic E-state index is 11.3. The number of carbonyl (C=O) groups is 1. The lowest BCUT2D eigenvalue weighted by molar-refractivity contribution is -0.122. The Labute approximate surface area is 128 Å². The van der Waals surface area contributed by atoms with Crippen LogP contribution in [-0.2, 0) is 11.3 Å². The normalized spacial score (nSPS) is 10.2. The van der Waals surface area contributed by atoms with Gasteiger partial charge in [-0.2, -0.15) is 0 Å². The number of hydrogen-bond acceptors (Lipinski definition) is 4. The van der Waals surface area contributed by atoms with Crippen LogP contribution in [0.3, 0.4) is 0 Å². The van der Waals surface area contributed by atoms with Gasteiger partial charge in [0.25, 0.3) is 5.91 Å². The molecule has 1 aromatic carbocycles. The predicted molar refractivity (Wildman–Crippen MR) is 82.3 cm³/mol. The Hall–Kier alpha value is -1.27. The van der Waals surface area contributed by atoms with Crippen molar-refractivity contribution in [1.29, 1.82) is 0 Å². The van der Waals surface area contributed by atoms with Gasteiger partial charge in [0, 0.05) is 13.6 Å². The second kappa shape index (κ2) is 8.81. The highest BCUT2D eigenvalue weighted by Crippen LogP contribution is 2.36. The molecule has 0 aliphatic carbocycles. The van der Waals surface area contributed by atoms with Gasteiger partial charge >= 0.3 is 0 Å². The number of hydrogen-bond donors (Lipinski definition) is 2. The lowest BCUT2D eigenvalue weighted by Gasteiger charge is -2.15. The monoisotopic (exact) mass is 344 g/mol. The van der Waals surface area contributed by atoms with Gasteiger partial charge in [-0.15, -0.1) is 0 Å².